The topological polar surface area (TPSA) is 17.1 Å². The van der Waals surface area contributed by atoms with E-state index in [1.807, 2.05) is 30.0 Å². The summed E-state index contributed by atoms with van der Waals surface area (Å²) < 4.78 is 1.01. The van der Waals surface area contributed by atoms with Gasteiger partial charge in [-0.3, -0.25) is 4.79 Å². The molecule has 0 amide bonds. The summed E-state index contributed by atoms with van der Waals surface area (Å²) in [6, 6.07) is 5.79. The molecule has 1 aromatic rings. The number of hydrogen-bond donors (Lipinski definition) is 0. The molecule has 0 aliphatic rings. The van der Waals surface area contributed by atoms with Gasteiger partial charge in [-0.15, -0.1) is 11.8 Å². The van der Waals surface area contributed by atoms with Gasteiger partial charge in [0, 0.05) is 20.7 Å². The summed E-state index contributed by atoms with van der Waals surface area (Å²) in [5.74, 6) is 1.88. The van der Waals surface area contributed by atoms with Crippen molar-refractivity contribution in [1.29, 1.82) is 0 Å². The normalized spacial score (nSPS) is 10.7. The molecule has 0 heterocycles. The lowest BCUT2D eigenvalue weighted by Crippen LogP contribution is -1.94. The second kappa shape index (κ2) is 5.71. The van der Waals surface area contributed by atoms with Gasteiger partial charge in [0.25, 0.3) is 0 Å². The first kappa shape index (κ1) is 12.8. The molecule has 0 aromatic heterocycles. The fourth-order valence-electron chi connectivity index (χ4n) is 1.09. The Morgan fingerprint density at radius 1 is 1.47 bits per heavy atom. The molecule has 1 aromatic carbocycles. The highest BCUT2D eigenvalue weighted by Crippen LogP contribution is 2.29. The van der Waals surface area contributed by atoms with E-state index in [1.165, 1.54) is 4.90 Å². The van der Waals surface area contributed by atoms with Gasteiger partial charge in [0.2, 0.25) is 0 Å². The van der Waals surface area contributed by atoms with E-state index in [9.17, 15) is 4.79 Å². The van der Waals surface area contributed by atoms with E-state index in [1.54, 1.807) is 6.92 Å². The number of hydrogen-bond acceptors (Lipinski definition) is 2. The number of thioether (sulfide) groups is 1. The molecule has 0 radical (unpaired) electrons. The maximum Gasteiger partial charge on any atom is 0.159 e. The van der Waals surface area contributed by atoms with E-state index in [0.717, 1.165) is 15.8 Å². The molecule has 0 aliphatic heterocycles. The first-order valence-electron chi connectivity index (χ1n) is 4.94. The predicted molar refractivity (Wildman–Crippen MR) is 69.7 cm³/mol. The van der Waals surface area contributed by atoms with Gasteiger partial charge < -0.3 is 0 Å². The monoisotopic (exact) mass is 286 g/mol. The van der Waals surface area contributed by atoms with Crippen molar-refractivity contribution in [2.75, 3.05) is 5.75 Å². The first-order chi connectivity index (χ1) is 7.00. The molecule has 0 bridgehead atoms. The van der Waals surface area contributed by atoms with E-state index >= 15 is 0 Å². The van der Waals surface area contributed by atoms with Crippen molar-refractivity contribution >= 4 is 33.5 Å². The van der Waals surface area contributed by atoms with E-state index in [2.05, 4.69) is 29.8 Å². The van der Waals surface area contributed by atoms with Gasteiger partial charge in [-0.25, -0.2) is 0 Å². The van der Waals surface area contributed by atoms with Gasteiger partial charge in [0.05, 0.1) is 0 Å². The zero-order valence-corrected chi connectivity index (χ0v) is 11.6. The minimum Gasteiger partial charge on any atom is -0.295 e. The molecule has 15 heavy (non-hydrogen) atoms. The lowest BCUT2D eigenvalue weighted by atomic mass is 10.2. The number of rotatable bonds is 4. The third kappa shape index (κ3) is 3.99. The second-order valence-electron chi connectivity index (χ2n) is 3.91. The van der Waals surface area contributed by atoms with Crippen LogP contribution in [0.4, 0.5) is 0 Å². The Balaban J connectivity index is 2.79. The molecule has 0 atom stereocenters. The number of carbonyl (C=O) groups is 1. The SMILES string of the molecule is CC(=O)c1ccc(SCC(C)C)c(Br)c1. The molecule has 0 spiro atoms. The van der Waals surface area contributed by atoms with Crippen LogP contribution in [0.5, 0.6) is 0 Å². The van der Waals surface area contributed by atoms with Crippen LogP contribution in [0.1, 0.15) is 31.1 Å². The number of Topliss-reactive ketones (excluding diaryl/α,β-unsaturated/α-hetero) is 1. The quantitative estimate of drug-likeness (QED) is 0.603. The summed E-state index contributed by atoms with van der Waals surface area (Å²) in [7, 11) is 0. The maximum atomic E-state index is 11.1. The molecular weight excluding hydrogens is 272 g/mol. The maximum absolute atomic E-state index is 11.1. The zero-order chi connectivity index (χ0) is 11.4. The van der Waals surface area contributed by atoms with Crippen molar-refractivity contribution in [1.82, 2.24) is 0 Å². The lowest BCUT2D eigenvalue weighted by molar-refractivity contribution is 0.101. The number of halogens is 1. The van der Waals surface area contributed by atoms with Crippen LogP contribution in [-0.2, 0) is 0 Å². The van der Waals surface area contributed by atoms with E-state index in [0.29, 0.717) is 5.92 Å². The molecule has 0 saturated carbocycles. The minimum atomic E-state index is 0.108. The summed E-state index contributed by atoms with van der Waals surface area (Å²) in [6.07, 6.45) is 0. The smallest absolute Gasteiger partial charge is 0.159 e. The summed E-state index contributed by atoms with van der Waals surface area (Å²) in [6.45, 7) is 5.98. The van der Waals surface area contributed by atoms with Crippen molar-refractivity contribution < 1.29 is 4.79 Å². The van der Waals surface area contributed by atoms with Crippen LogP contribution in [-0.4, -0.2) is 11.5 Å². The molecule has 0 unspecified atom stereocenters. The second-order valence-corrected chi connectivity index (χ2v) is 5.82. The highest BCUT2D eigenvalue weighted by molar-refractivity contribution is 9.10. The Morgan fingerprint density at radius 2 is 2.13 bits per heavy atom. The molecular formula is C12H15BrOS. The standard InChI is InChI=1S/C12H15BrOS/c1-8(2)7-15-12-5-4-10(9(3)14)6-11(12)13/h4-6,8H,7H2,1-3H3. The Labute approximate surface area is 104 Å². The highest BCUT2D eigenvalue weighted by Gasteiger charge is 2.05. The van der Waals surface area contributed by atoms with E-state index in [-0.39, 0.29) is 5.78 Å². The molecule has 0 saturated heterocycles. The number of benzene rings is 1. The fraction of sp³-hybridized carbons (Fsp3) is 0.417. The third-order valence-electron chi connectivity index (χ3n) is 1.91. The van der Waals surface area contributed by atoms with Crippen molar-refractivity contribution in [3.63, 3.8) is 0 Å². The van der Waals surface area contributed by atoms with Crippen LogP contribution in [0.3, 0.4) is 0 Å². The lowest BCUT2D eigenvalue weighted by Gasteiger charge is -2.07. The fourth-order valence-corrected chi connectivity index (χ4v) is 2.69. The van der Waals surface area contributed by atoms with Gasteiger partial charge in [-0.1, -0.05) is 19.9 Å². The summed E-state index contributed by atoms with van der Waals surface area (Å²) in [4.78, 5) is 12.3. The number of ketones is 1. The van der Waals surface area contributed by atoms with Gasteiger partial charge in [0.15, 0.2) is 5.78 Å². The average molecular weight is 287 g/mol. The number of carbonyl (C=O) groups excluding carboxylic acids is 1. The molecule has 3 heteroatoms. The van der Waals surface area contributed by atoms with Crippen LogP contribution in [0.25, 0.3) is 0 Å². The zero-order valence-electron chi connectivity index (χ0n) is 9.21. The Hall–Kier alpha value is -0.280. The summed E-state index contributed by atoms with van der Waals surface area (Å²) in [5, 5.41) is 0. The minimum absolute atomic E-state index is 0.108. The van der Waals surface area contributed by atoms with Gasteiger partial charge in [-0.2, -0.15) is 0 Å². The van der Waals surface area contributed by atoms with Crippen molar-refractivity contribution in [3.8, 4) is 0 Å². The van der Waals surface area contributed by atoms with Gasteiger partial charge in [0.1, 0.15) is 0 Å². The van der Waals surface area contributed by atoms with Gasteiger partial charge >= 0.3 is 0 Å². The summed E-state index contributed by atoms with van der Waals surface area (Å²) in [5.41, 5.74) is 0.760. The van der Waals surface area contributed by atoms with E-state index < -0.39 is 0 Å². The van der Waals surface area contributed by atoms with Crippen LogP contribution < -0.4 is 0 Å². The van der Waals surface area contributed by atoms with Gasteiger partial charge in [-0.05, 0) is 40.9 Å². The summed E-state index contributed by atoms with van der Waals surface area (Å²) >= 11 is 5.31. The van der Waals surface area contributed by atoms with Crippen LogP contribution in [0, 0.1) is 5.92 Å². The first-order valence-corrected chi connectivity index (χ1v) is 6.72. The average Bonchev–Trinajstić information content (AvgIpc) is 2.15. The van der Waals surface area contributed by atoms with E-state index in [4.69, 9.17) is 0 Å². The largest absolute Gasteiger partial charge is 0.295 e. The predicted octanol–water partition coefficient (Wildman–Crippen LogP) is 4.40. The Kier molecular flexibility index (Phi) is 4.87. The molecule has 0 N–H and O–H groups in total. The Bertz CT molecular complexity index is 361. The highest BCUT2D eigenvalue weighted by atomic mass is 79.9. The molecule has 82 valence electrons. The van der Waals surface area contributed by atoms with Crippen LogP contribution >= 0.6 is 27.7 Å². The van der Waals surface area contributed by atoms with Crippen molar-refractivity contribution in [2.24, 2.45) is 5.92 Å². The van der Waals surface area contributed by atoms with Crippen molar-refractivity contribution in [2.45, 2.75) is 25.7 Å². The van der Waals surface area contributed by atoms with Crippen LogP contribution in [0.15, 0.2) is 27.6 Å². The molecule has 0 aliphatic carbocycles. The Morgan fingerprint density at radius 3 is 2.60 bits per heavy atom. The molecule has 1 nitrogen and oxygen atoms in total. The van der Waals surface area contributed by atoms with Crippen molar-refractivity contribution in [3.05, 3.63) is 28.2 Å². The van der Waals surface area contributed by atoms with Crippen LogP contribution in [0.2, 0.25) is 0 Å². The molecule has 1 rings (SSSR count). The molecule has 0 fully saturated rings. The third-order valence-corrected chi connectivity index (χ3v) is 4.33.